The quantitative estimate of drug-likeness (QED) is 0.483. The van der Waals surface area contributed by atoms with Gasteiger partial charge in [-0.3, -0.25) is 9.59 Å². The van der Waals surface area contributed by atoms with E-state index in [4.69, 9.17) is 0 Å². The Morgan fingerprint density at radius 2 is 1.97 bits per heavy atom. The normalized spacial score (nSPS) is 18.4. The first-order valence-electron chi connectivity index (χ1n) is 9.38. The third kappa shape index (κ3) is 4.27. The summed E-state index contributed by atoms with van der Waals surface area (Å²) in [7, 11) is 0. The van der Waals surface area contributed by atoms with Crippen molar-refractivity contribution < 1.29 is 23.5 Å². The minimum absolute atomic E-state index is 0.0841. The van der Waals surface area contributed by atoms with Gasteiger partial charge in [-0.1, -0.05) is 0 Å². The van der Waals surface area contributed by atoms with Crippen molar-refractivity contribution in [2.24, 2.45) is 0 Å². The van der Waals surface area contributed by atoms with Crippen molar-refractivity contribution in [2.45, 2.75) is 25.0 Å². The van der Waals surface area contributed by atoms with Crippen molar-refractivity contribution in [2.75, 3.05) is 6.54 Å². The van der Waals surface area contributed by atoms with Crippen molar-refractivity contribution in [1.29, 1.82) is 0 Å². The minimum Gasteiger partial charge on any atom is -0.389 e. The number of aromatic amines is 1. The smallest absolute Gasteiger partial charge is 0.245 e. The van der Waals surface area contributed by atoms with Crippen LogP contribution in [0.4, 0.5) is 8.78 Å². The molecule has 156 valence electrons. The number of β-amino-alcohol motifs (C(OH)–C–C–N with tert-alkyl or cyclic N) is 1. The van der Waals surface area contributed by atoms with Gasteiger partial charge in [0, 0.05) is 24.0 Å². The molecule has 0 unspecified atom stereocenters. The van der Waals surface area contributed by atoms with Crippen LogP contribution < -0.4 is 10.6 Å². The van der Waals surface area contributed by atoms with Gasteiger partial charge in [0.05, 0.1) is 10.6 Å². The number of hydrogen-bond donors (Lipinski definition) is 4. The number of thiophene rings is 1. The Balaban J connectivity index is 1.55. The number of carbonyl (C=O) groups excluding carboxylic acids is 2. The second-order valence-electron chi connectivity index (χ2n) is 7.08. The third-order valence-electron chi connectivity index (χ3n) is 4.96. The summed E-state index contributed by atoms with van der Waals surface area (Å²) >= 11 is 1.25. The average molecular weight is 431 g/mol. The number of rotatable bonds is 6. The molecule has 1 aliphatic heterocycles. The van der Waals surface area contributed by atoms with Crippen molar-refractivity contribution in [1.82, 2.24) is 15.6 Å². The lowest BCUT2D eigenvalue weighted by Gasteiger charge is -2.13. The Labute approximate surface area is 174 Å². The molecule has 9 heteroatoms. The Morgan fingerprint density at radius 3 is 2.60 bits per heavy atom. The maximum absolute atomic E-state index is 13.4. The Hall–Kier alpha value is -3.04. The zero-order valence-electron chi connectivity index (χ0n) is 15.7. The van der Waals surface area contributed by atoms with Crippen LogP contribution >= 0.6 is 11.3 Å². The minimum atomic E-state index is -0.955. The van der Waals surface area contributed by atoms with Crippen LogP contribution in [0.3, 0.4) is 0 Å². The van der Waals surface area contributed by atoms with Gasteiger partial charge in [0.2, 0.25) is 11.8 Å². The number of aliphatic hydroxyl groups excluding tert-OH is 1. The number of benzene rings is 1. The maximum Gasteiger partial charge on any atom is 0.245 e. The van der Waals surface area contributed by atoms with E-state index in [1.165, 1.54) is 34.9 Å². The highest BCUT2D eigenvalue weighted by Crippen LogP contribution is 2.33. The van der Waals surface area contributed by atoms with Gasteiger partial charge < -0.3 is 20.7 Å². The molecule has 1 aliphatic rings. The molecule has 30 heavy (non-hydrogen) atoms. The van der Waals surface area contributed by atoms with E-state index in [9.17, 15) is 23.5 Å². The summed E-state index contributed by atoms with van der Waals surface area (Å²) < 4.78 is 26.8. The summed E-state index contributed by atoms with van der Waals surface area (Å²) in [6.45, 7) is 0.108. The number of halogens is 2. The van der Waals surface area contributed by atoms with Gasteiger partial charge in [-0.2, -0.15) is 0 Å². The molecule has 2 atom stereocenters. The fourth-order valence-corrected chi connectivity index (χ4v) is 4.14. The van der Waals surface area contributed by atoms with E-state index < -0.39 is 18.1 Å². The monoisotopic (exact) mass is 431 g/mol. The number of amides is 2. The highest BCUT2D eigenvalue weighted by molar-refractivity contribution is 7.13. The molecule has 1 fully saturated rings. The summed E-state index contributed by atoms with van der Waals surface area (Å²) in [5.41, 5.74) is 2.95. The number of nitrogens with one attached hydrogen (secondary N) is 3. The fourth-order valence-electron chi connectivity index (χ4n) is 3.42. The Kier molecular flexibility index (Phi) is 5.65. The number of aryl methyl sites for hydroxylation is 1. The zero-order valence-corrected chi connectivity index (χ0v) is 16.6. The molecule has 0 radical (unpaired) electrons. The Bertz CT molecular complexity index is 1080. The molecule has 3 heterocycles. The summed E-state index contributed by atoms with van der Waals surface area (Å²) in [6.07, 6.45) is -0.530. The molecule has 6 nitrogen and oxygen atoms in total. The van der Waals surface area contributed by atoms with Crippen LogP contribution in [-0.4, -0.2) is 40.6 Å². The zero-order chi connectivity index (χ0) is 21.3. The second-order valence-corrected chi connectivity index (χ2v) is 7.99. The molecule has 0 saturated carbocycles. The standard InChI is InChI=1S/C21H19F2N3O3S/c22-13-4-1-11(2-5-13)19-12(7-15(25-19)17-8-14(23)10-30-17)3-6-18(28)26-20-16(27)9-24-21(20)29/h1-2,4-5,7-8,10,16,20,25,27H,3,6,9H2,(H,24,29)(H,26,28)/t16-,20+/m1/s1. The molecule has 1 saturated heterocycles. The van der Waals surface area contributed by atoms with E-state index in [1.54, 1.807) is 12.1 Å². The van der Waals surface area contributed by atoms with Gasteiger partial charge in [0.25, 0.3) is 0 Å². The van der Waals surface area contributed by atoms with Crippen LogP contribution in [0.15, 0.2) is 41.8 Å². The number of aliphatic hydroxyl groups is 1. The number of aromatic nitrogens is 1. The molecule has 0 spiro atoms. The van der Waals surface area contributed by atoms with E-state index in [0.29, 0.717) is 22.7 Å². The second kappa shape index (κ2) is 8.37. The predicted octanol–water partition coefficient (Wildman–Crippen LogP) is 2.60. The highest BCUT2D eigenvalue weighted by Gasteiger charge is 2.34. The molecule has 4 rings (SSSR count). The largest absolute Gasteiger partial charge is 0.389 e. The first-order chi connectivity index (χ1) is 14.4. The molecule has 4 N–H and O–H groups in total. The van der Waals surface area contributed by atoms with E-state index >= 15 is 0 Å². The van der Waals surface area contributed by atoms with Gasteiger partial charge >= 0.3 is 0 Å². The van der Waals surface area contributed by atoms with Crippen LogP contribution in [0.1, 0.15) is 12.0 Å². The van der Waals surface area contributed by atoms with E-state index in [1.807, 2.05) is 6.07 Å². The molecule has 2 aromatic heterocycles. The lowest BCUT2D eigenvalue weighted by molar-refractivity contribution is -0.128. The van der Waals surface area contributed by atoms with Crippen LogP contribution in [0, 0.1) is 11.6 Å². The predicted molar refractivity (Wildman–Crippen MR) is 109 cm³/mol. The van der Waals surface area contributed by atoms with E-state index in [0.717, 1.165) is 11.1 Å². The van der Waals surface area contributed by atoms with Crippen LogP contribution in [0.5, 0.6) is 0 Å². The van der Waals surface area contributed by atoms with Crippen molar-refractivity contribution in [3.63, 3.8) is 0 Å². The van der Waals surface area contributed by atoms with E-state index in [-0.39, 0.29) is 30.5 Å². The topological polar surface area (TPSA) is 94.2 Å². The van der Waals surface area contributed by atoms with Crippen molar-refractivity contribution in [3.05, 3.63) is 59.0 Å². The SMILES string of the molecule is O=C(CCc1cc(-c2cc(F)cs2)[nH]c1-c1ccc(F)cc1)N[C@@H]1C(=O)NC[C@H]1O. The molecular formula is C21H19F2N3O3S. The number of H-pyrrole nitrogens is 1. The average Bonchev–Trinajstić information content (AvgIpc) is 3.42. The lowest BCUT2D eigenvalue weighted by atomic mass is 10.0. The Morgan fingerprint density at radius 1 is 1.20 bits per heavy atom. The summed E-state index contributed by atoms with van der Waals surface area (Å²) in [5.74, 6) is -1.47. The van der Waals surface area contributed by atoms with Gasteiger partial charge in [-0.25, -0.2) is 8.78 Å². The maximum atomic E-state index is 13.4. The van der Waals surface area contributed by atoms with Crippen LogP contribution in [0.25, 0.3) is 21.8 Å². The molecule has 1 aromatic carbocycles. The summed E-state index contributed by atoms with van der Waals surface area (Å²) in [6, 6.07) is 8.25. The first-order valence-corrected chi connectivity index (χ1v) is 10.3. The fraction of sp³-hybridized carbons (Fsp3) is 0.238. The van der Waals surface area contributed by atoms with Crippen LogP contribution in [-0.2, 0) is 16.0 Å². The van der Waals surface area contributed by atoms with Gasteiger partial charge in [-0.15, -0.1) is 11.3 Å². The number of hydrogen-bond acceptors (Lipinski definition) is 4. The van der Waals surface area contributed by atoms with E-state index in [2.05, 4.69) is 15.6 Å². The van der Waals surface area contributed by atoms with Gasteiger partial charge in [0.15, 0.2) is 0 Å². The third-order valence-corrected chi connectivity index (χ3v) is 5.89. The van der Waals surface area contributed by atoms with Gasteiger partial charge in [-0.05, 0) is 53.9 Å². The number of carbonyl (C=O) groups is 2. The van der Waals surface area contributed by atoms with Crippen molar-refractivity contribution >= 4 is 23.2 Å². The van der Waals surface area contributed by atoms with Crippen LogP contribution in [0.2, 0.25) is 0 Å². The molecule has 2 amide bonds. The van der Waals surface area contributed by atoms with Gasteiger partial charge in [0.1, 0.15) is 23.8 Å². The lowest BCUT2D eigenvalue weighted by Crippen LogP contribution is -2.45. The summed E-state index contributed by atoms with van der Waals surface area (Å²) in [4.78, 5) is 27.9. The first kappa shape index (κ1) is 20.2. The molecule has 3 aromatic rings. The summed E-state index contributed by atoms with van der Waals surface area (Å²) in [5, 5.41) is 16.2. The highest BCUT2D eigenvalue weighted by atomic mass is 32.1. The molecule has 0 bridgehead atoms. The molecular weight excluding hydrogens is 412 g/mol. The molecule has 0 aliphatic carbocycles. The van der Waals surface area contributed by atoms with Crippen molar-refractivity contribution in [3.8, 4) is 21.8 Å².